The zero-order valence-corrected chi connectivity index (χ0v) is 14.4. The summed E-state index contributed by atoms with van der Waals surface area (Å²) in [6.45, 7) is 1.84. The van der Waals surface area contributed by atoms with Crippen LogP contribution >= 0.6 is 0 Å². The van der Waals surface area contributed by atoms with Gasteiger partial charge in [-0.1, -0.05) is 18.9 Å². The lowest BCUT2D eigenvalue weighted by Gasteiger charge is -2.27. The van der Waals surface area contributed by atoms with Crippen LogP contribution in [0.5, 0.6) is 0 Å². The van der Waals surface area contributed by atoms with Gasteiger partial charge in [0.1, 0.15) is 0 Å². The van der Waals surface area contributed by atoms with Crippen LogP contribution in [0.25, 0.3) is 0 Å². The SMILES string of the molecule is Cc1c(NC(=O)C2CC2)cccc1NC(=O)[C@H]1CCCC[C@@H]1C(=O)O. The number of carbonyl (C=O) groups is 3. The Bertz CT molecular complexity index is 697. The van der Waals surface area contributed by atoms with Gasteiger partial charge in [-0.15, -0.1) is 0 Å². The summed E-state index contributed by atoms with van der Waals surface area (Å²) < 4.78 is 0. The highest BCUT2D eigenvalue weighted by atomic mass is 16.4. The Balaban J connectivity index is 1.72. The highest BCUT2D eigenvalue weighted by Crippen LogP contribution is 2.33. The maximum absolute atomic E-state index is 12.6. The number of anilines is 2. The van der Waals surface area contributed by atoms with E-state index in [9.17, 15) is 19.5 Å². The van der Waals surface area contributed by atoms with Crippen molar-refractivity contribution in [1.29, 1.82) is 0 Å². The zero-order valence-electron chi connectivity index (χ0n) is 14.4. The number of carbonyl (C=O) groups excluding carboxylic acids is 2. The molecule has 134 valence electrons. The minimum Gasteiger partial charge on any atom is -0.481 e. The van der Waals surface area contributed by atoms with Crippen LogP contribution in [0.4, 0.5) is 11.4 Å². The standard InChI is InChI=1S/C19H24N2O4/c1-11-15(20-17(22)12-9-10-12)7-4-8-16(11)21-18(23)13-5-2-3-6-14(13)19(24)25/h4,7-8,12-14H,2-3,5-6,9-10H2,1H3,(H,20,22)(H,21,23)(H,24,25)/t13-,14-/m0/s1. The molecule has 3 N–H and O–H groups in total. The molecule has 0 radical (unpaired) electrons. The van der Waals surface area contributed by atoms with Crippen LogP contribution in [-0.2, 0) is 14.4 Å². The Morgan fingerprint density at radius 2 is 1.48 bits per heavy atom. The molecule has 0 aliphatic heterocycles. The molecule has 2 aliphatic rings. The smallest absolute Gasteiger partial charge is 0.307 e. The molecule has 1 aromatic rings. The van der Waals surface area contributed by atoms with Crippen molar-refractivity contribution in [2.24, 2.45) is 17.8 Å². The molecule has 2 atom stereocenters. The summed E-state index contributed by atoms with van der Waals surface area (Å²) in [5, 5.41) is 15.1. The van der Waals surface area contributed by atoms with Crippen LogP contribution in [0.1, 0.15) is 44.1 Å². The van der Waals surface area contributed by atoms with Gasteiger partial charge in [-0.25, -0.2) is 0 Å². The van der Waals surface area contributed by atoms with Crippen LogP contribution in [-0.4, -0.2) is 22.9 Å². The van der Waals surface area contributed by atoms with Crippen LogP contribution in [0.3, 0.4) is 0 Å². The summed E-state index contributed by atoms with van der Waals surface area (Å²) in [6.07, 6.45) is 4.73. The number of rotatable bonds is 5. The molecule has 6 heteroatoms. The van der Waals surface area contributed by atoms with Gasteiger partial charge in [0, 0.05) is 17.3 Å². The summed E-state index contributed by atoms with van der Waals surface area (Å²) in [4.78, 5) is 36.0. The normalized spacial score (nSPS) is 22.9. The summed E-state index contributed by atoms with van der Waals surface area (Å²) in [6, 6.07) is 5.37. The van der Waals surface area contributed by atoms with Crippen LogP contribution in [0.15, 0.2) is 18.2 Å². The van der Waals surface area contributed by atoms with E-state index in [1.807, 2.05) is 13.0 Å². The lowest BCUT2D eigenvalue weighted by Crippen LogP contribution is -2.36. The lowest BCUT2D eigenvalue weighted by atomic mass is 9.78. The largest absolute Gasteiger partial charge is 0.481 e. The first-order valence-electron chi connectivity index (χ1n) is 8.91. The first-order valence-corrected chi connectivity index (χ1v) is 8.91. The molecule has 2 saturated carbocycles. The van der Waals surface area contributed by atoms with Crippen molar-refractivity contribution in [2.45, 2.75) is 45.4 Å². The Morgan fingerprint density at radius 3 is 2.04 bits per heavy atom. The minimum atomic E-state index is -0.901. The third kappa shape index (κ3) is 4.00. The number of aliphatic carboxylic acids is 1. The fraction of sp³-hybridized carbons (Fsp3) is 0.526. The van der Waals surface area contributed by atoms with E-state index in [2.05, 4.69) is 10.6 Å². The number of carboxylic acid groups (broad SMARTS) is 1. The van der Waals surface area contributed by atoms with Gasteiger partial charge in [-0.2, -0.15) is 0 Å². The number of amides is 2. The molecule has 0 heterocycles. The minimum absolute atomic E-state index is 0.0183. The van der Waals surface area contributed by atoms with Crippen molar-refractivity contribution in [2.75, 3.05) is 10.6 Å². The average Bonchev–Trinajstić information content (AvgIpc) is 3.43. The number of carboxylic acids is 1. The Kier molecular flexibility index (Phi) is 5.06. The van der Waals surface area contributed by atoms with Gasteiger partial charge in [0.05, 0.1) is 11.8 Å². The van der Waals surface area contributed by atoms with Gasteiger partial charge < -0.3 is 15.7 Å². The molecule has 25 heavy (non-hydrogen) atoms. The summed E-state index contributed by atoms with van der Waals surface area (Å²) >= 11 is 0. The molecule has 0 unspecified atom stereocenters. The third-order valence-corrected chi connectivity index (χ3v) is 5.22. The lowest BCUT2D eigenvalue weighted by molar-refractivity contribution is -0.147. The van der Waals surface area contributed by atoms with Gasteiger partial charge >= 0.3 is 5.97 Å². The maximum Gasteiger partial charge on any atom is 0.307 e. The van der Waals surface area contributed by atoms with E-state index in [0.717, 1.165) is 31.2 Å². The molecule has 0 spiro atoms. The highest BCUT2D eigenvalue weighted by molar-refractivity contribution is 5.99. The van der Waals surface area contributed by atoms with E-state index in [1.165, 1.54) is 0 Å². The predicted molar refractivity (Wildman–Crippen MR) is 94.2 cm³/mol. The summed E-state index contributed by atoms with van der Waals surface area (Å²) in [5.41, 5.74) is 2.09. The van der Waals surface area contributed by atoms with E-state index in [-0.39, 0.29) is 17.7 Å². The predicted octanol–water partition coefficient (Wildman–Crippen LogP) is 3.17. The number of nitrogens with one attached hydrogen (secondary N) is 2. The van der Waals surface area contributed by atoms with E-state index in [0.29, 0.717) is 24.2 Å². The second-order valence-corrected chi connectivity index (χ2v) is 7.07. The van der Waals surface area contributed by atoms with Crippen molar-refractivity contribution >= 4 is 29.2 Å². The van der Waals surface area contributed by atoms with E-state index < -0.39 is 17.8 Å². The summed E-state index contributed by atoms with van der Waals surface area (Å²) in [5.74, 6) is -2.15. The van der Waals surface area contributed by atoms with Crippen molar-refractivity contribution < 1.29 is 19.5 Å². The van der Waals surface area contributed by atoms with Crippen LogP contribution in [0, 0.1) is 24.7 Å². The van der Waals surface area contributed by atoms with E-state index in [1.54, 1.807) is 12.1 Å². The zero-order chi connectivity index (χ0) is 18.0. The molecule has 2 fully saturated rings. The number of hydrogen-bond donors (Lipinski definition) is 3. The van der Waals surface area contributed by atoms with Crippen molar-refractivity contribution in [1.82, 2.24) is 0 Å². The molecule has 2 aliphatic carbocycles. The Labute approximate surface area is 147 Å². The average molecular weight is 344 g/mol. The van der Waals surface area contributed by atoms with Gasteiger partial charge in [0.25, 0.3) is 0 Å². The van der Waals surface area contributed by atoms with Crippen molar-refractivity contribution in [3.05, 3.63) is 23.8 Å². The number of hydrogen-bond acceptors (Lipinski definition) is 3. The second-order valence-electron chi connectivity index (χ2n) is 7.07. The molecular weight excluding hydrogens is 320 g/mol. The van der Waals surface area contributed by atoms with Gasteiger partial charge in [-0.05, 0) is 50.3 Å². The fourth-order valence-electron chi connectivity index (χ4n) is 3.45. The van der Waals surface area contributed by atoms with E-state index >= 15 is 0 Å². The monoisotopic (exact) mass is 344 g/mol. The van der Waals surface area contributed by atoms with Gasteiger partial charge in [0.2, 0.25) is 11.8 Å². The Morgan fingerprint density at radius 1 is 0.920 bits per heavy atom. The van der Waals surface area contributed by atoms with E-state index in [4.69, 9.17) is 0 Å². The molecule has 6 nitrogen and oxygen atoms in total. The first-order chi connectivity index (χ1) is 12.0. The molecule has 0 bridgehead atoms. The molecule has 0 aromatic heterocycles. The first kappa shape index (κ1) is 17.5. The third-order valence-electron chi connectivity index (χ3n) is 5.22. The maximum atomic E-state index is 12.6. The molecule has 2 amide bonds. The molecule has 0 saturated heterocycles. The number of benzene rings is 1. The molecular formula is C19H24N2O4. The van der Waals surface area contributed by atoms with Crippen molar-refractivity contribution in [3.63, 3.8) is 0 Å². The Hall–Kier alpha value is -2.37. The molecule has 3 rings (SSSR count). The van der Waals surface area contributed by atoms with Crippen LogP contribution in [0.2, 0.25) is 0 Å². The van der Waals surface area contributed by atoms with Crippen molar-refractivity contribution in [3.8, 4) is 0 Å². The molecule has 1 aromatic carbocycles. The van der Waals surface area contributed by atoms with Crippen LogP contribution < -0.4 is 10.6 Å². The van der Waals surface area contributed by atoms with Gasteiger partial charge in [-0.3, -0.25) is 14.4 Å². The summed E-state index contributed by atoms with van der Waals surface area (Å²) in [7, 11) is 0. The fourth-order valence-corrected chi connectivity index (χ4v) is 3.45. The second kappa shape index (κ2) is 7.25. The van der Waals surface area contributed by atoms with Gasteiger partial charge in [0.15, 0.2) is 0 Å². The quantitative estimate of drug-likeness (QED) is 0.764. The topological polar surface area (TPSA) is 95.5 Å². The highest BCUT2D eigenvalue weighted by Gasteiger charge is 2.36.